The summed E-state index contributed by atoms with van der Waals surface area (Å²) in [7, 11) is 0. The Bertz CT molecular complexity index is 1190. The van der Waals surface area contributed by atoms with E-state index in [9.17, 15) is 5.11 Å². The molecular weight excluding hydrogens is 508 g/mol. The van der Waals surface area contributed by atoms with Crippen LogP contribution in [0.25, 0.3) is 22.3 Å². The maximum absolute atomic E-state index is 11.9. The van der Waals surface area contributed by atoms with Crippen LogP contribution in [0.1, 0.15) is 102 Å². The lowest BCUT2D eigenvalue weighted by molar-refractivity contribution is 0.392. The smallest absolute Gasteiger partial charge is 0.134 e. The van der Waals surface area contributed by atoms with Gasteiger partial charge in [0.15, 0.2) is 0 Å². The van der Waals surface area contributed by atoms with Crippen molar-refractivity contribution in [3.05, 3.63) is 70.8 Å². The molecule has 0 heterocycles. The summed E-state index contributed by atoms with van der Waals surface area (Å²) in [4.78, 5) is 0. The van der Waals surface area contributed by atoms with Gasteiger partial charge in [-0.3, -0.25) is 0 Å². The first-order valence-corrected chi connectivity index (χ1v) is 16.7. The van der Waals surface area contributed by atoms with Crippen LogP contribution in [-0.2, 0) is 19.3 Å². The number of hydrogen-bond acceptors (Lipinski definition) is 3. The van der Waals surface area contributed by atoms with Crippen molar-refractivity contribution in [2.24, 2.45) is 5.92 Å². The Morgan fingerprint density at radius 3 is 1.85 bits per heavy atom. The summed E-state index contributed by atoms with van der Waals surface area (Å²) < 4.78 is 6.39. The fraction of sp³-hybridized carbons (Fsp3) is 0.514. The molecule has 0 amide bonds. The number of hydrogen-bond donors (Lipinski definition) is 1. The molecule has 0 radical (unpaired) electrons. The van der Waals surface area contributed by atoms with E-state index in [1.165, 1.54) is 42.4 Å². The van der Waals surface area contributed by atoms with Gasteiger partial charge in [0.05, 0.1) is 0 Å². The van der Waals surface area contributed by atoms with Crippen LogP contribution < -0.4 is 4.74 Å². The lowest BCUT2D eigenvalue weighted by Crippen LogP contribution is -2.09. The Morgan fingerprint density at radius 1 is 0.700 bits per heavy atom. The third-order valence-corrected chi connectivity index (χ3v) is 9.22. The topological polar surface area (TPSA) is 29.5 Å². The number of phenols is 1. The molecule has 0 aliphatic heterocycles. The largest absolute Gasteiger partial charge is 0.507 e. The van der Waals surface area contributed by atoms with Crippen LogP contribution in [0, 0.1) is 12.8 Å². The van der Waals surface area contributed by atoms with Gasteiger partial charge >= 0.3 is 0 Å². The molecule has 218 valence electrons. The molecule has 0 saturated heterocycles. The van der Waals surface area contributed by atoms with Crippen molar-refractivity contribution in [1.82, 2.24) is 0 Å². The van der Waals surface area contributed by atoms with E-state index < -0.39 is 0 Å². The molecule has 3 aromatic rings. The van der Waals surface area contributed by atoms with Crippen molar-refractivity contribution in [3.8, 4) is 33.8 Å². The molecule has 1 N–H and O–H groups in total. The lowest BCUT2D eigenvalue weighted by atomic mass is 9.90. The van der Waals surface area contributed by atoms with Crippen LogP contribution in [0.4, 0.5) is 0 Å². The Morgan fingerprint density at radius 2 is 1.27 bits per heavy atom. The van der Waals surface area contributed by atoms with Crippen LogP contribution in [0.2, 0.25) is 0 Å². The first-order valence-electron chi connectivity index (χ1n) is 15.6. The summed E-state index contributed by atoms with van der Waals surface area (Å²) in [5, 5.41) is 12.4. The monoisotopic (exact) mass is 560 g/mol. The van der Waals surface area contributed by atoms with Crippen molar-refractivity contribution < 1.29 is 9.84 Å². The van der Waals surface area contributed by atoms with E-state index in [1.807, 2.05) is 11.8 Å². The highest BCUT2D eigenvalue weighted by atomic mass is 32.2. The molecule has 1 unspecified atom stereocenters. The number of aromatic hydroxyl groups is 1. The second kappa shape index (κ2) is 16.2. The van der Waals surface area contributed by atoms with Crippen LogP contribution in [0.3, 0.4) is 0 Å². The summed E-state index contributed by atoms with van der Waals surface area (Å²) in [5.74, 6) is 2.39. The maximum atomic E-state index is 11.9. The number of phenolic OH excluding ortho intramolecular Hbond substituents is 1. The molecule has 0 spiro atoms. The normalized spacial score (nSPS) is 12.2. The zero-order valence-electron chi connectivity index (χ0n) is 26.1. The first-order chi connectivity index (χ1) is 19.3. The molecule has 2 nitrogen and oxygen atoms in total. The summed E-state index contributed by atoms with van der Waals surface area (Å²) >= 11 is 1.84. The second-order valence-electron chi connectivity index (χ2n) is 11.8. The quantitative estimate of drug-likeness (QED) is 0.177. The summed E-state index contributed by atoms with van der Waals surface area (Å²) in [6.45, 7) is 15.6. The van der Waals surface area contributed by atoms with Gasteiger partial charge in [0.25, 0.3) is 0 Å². The number of aryl methyl sites for hydroxylation is 4. The van der Waals surface area contributed by atoms with Gasteiger partial charge < -0.3 is 9.84 Å². The summed E-state index contributed by atoms with van der Waals surface area (Å²) in [6.07, 6.45) is 10.2. The molecular formula is C37H52O2S. The van der Waals surface area contributed by atoms with Crippen molar-refractivity contribution in [3.63, 3.8) is 0 Å². The summed E-state index contributed by atoms with van der Waals surface area (Å²) in [5.41, 5.74) is 9.06. The van der Waals surface area contributed by atoms with E-state index in [4.69, 9.17) is 4.74 Å². The van der Waals surface area contributed by atoms with E-state index in [-0.39, 0.29) is 0 Å². The minimum Gasteiger partial charge on any atom is -0.507 e. The van der Waals surface area contributed by atoms with Gasteiger partial charge in [-0.05, 0) is 103 Å². The number of thioether (sulfide) groups is 1. The number of rotatable bonds is 16. The summed E-state index contributed by atoms with van der Waals surface area (Å²) in [6, 6.07) is 17.8. The molecule has 0 saturated carbocycles. The average Bonchev–Trinajstić information content (AvgIpc) is 2.95. The van der Waals surface area contributed by atoms with Gasteiger partial charge in [-0.15, -0.1) is 11.8 Å². The van der Waals surface area contributed by atoms with Crippen molar-refractivity contribution in [2.45, 2.75) is 112 Å². The first kappa shape index (κ1) is 32.1. The van der Waals surface area contributed by atoms with E-state index in [0.29, 0.717) is 22.9 Å². The van der Waals surface area contributed by atoms with E-state index in [0.717, 1.165) is 65.7 Å². The number of ether oxygens (including phenoxy) is 1. The molecule has 3 heteroatoms. The minimum atomic E-state index is 0.348. The Balaban J connectivity index is 2.09. The van der Waals surface area contributed by atoms with Crippen LogP contribution in [0.15, 0.2) is 48.5 Å². The van der Waals surface area contributed by atoms with E-state index >= 15 is 0 Å². The number of unbranched alkanes of at least 4 members (excludes halogenated alkanes) is 3. The number of benzene rings is 3. The van der Waals surface area contributed by atoms with Gasteiger partial charge in [0.1, 0.15) is 17.4 Å². The Kier molecular flexibility index (Phi) is 13.0. The third-order valence-electron chi connectivity index (χ3n) is 7.89. The standard InChI is InChI=1S/C37H52O2S/c1-8-11-14-29-17-18-36(39-25-40-28(7)26(4)5)34(24-29)35-20-27(6)19-33(37(35)38)32-22-30(15-12-9-2)21-31(23-32)16-13-10-3/h17-24,26,28,38H,8-16,25H2,1-7H3. The van der Waals surface area contributed by atoms with Crippen molar-refractivity contribution in [2.75, 3.05) is 5.94 Å². The molecule has 0 aliphatic rings. The van der Waals surface area contributed by atoms with Gasteiger partial charge in [-0.25, -0.2) is 0 Å². The van der Waals surface area contributed by atoms with Crippen molar-refractivity contribution >= 4 is 11.8 Å². The van der Waals surface area contributed by atoms with Crippen LogP contribution >= 0.6 is 11.8 Å². The molecule has 1 atom stereocenters. The van der Waals surface area contributed by atoms with E-state index in [1.54, 1.807) is 0 Å². The van der Waals surface area contributed by atoms with Gasteiger partial charge in [0, 0.05) is 21.9 Å². The Labute approximate surface area is 249 Å². The molecule has 3 rings (SSSR count). The fourth-order valence-corrected chi connectivity index (χ4v) is 5.81. The molecule has 3 aromatic carbocycles. The predicted molar refractivity (Wildman–Crippen MR) is 177 cm³/mol. The van der Waals surface area contributed by atoms with Gasteiger partial charge in [0.2, 0.25) is 0 Å². The fourth-order valence-electron chi connectivity index (χ4n) is 5.02. The maximum Gasteiger partial charge on any atom is 0.134 e. The van der Waals surface area contributed by atoms with Gasteiger partial charge in [-0.1, -0.05) is 85.1 Å². The minimum absolute atomic E-state index is 0.348. The zero-order valence-corrected chi connectivity index (χ0v) is 26.9. The second-order valence-corrected chi connectivity index (χ2v) is 13.1. The van der Waals surface area contributed by atoms with Crippen LogP contribution in [-0.4, -0.2) is 16.3 Å². The Hall–Kier alpha value is -2.39. The highest BCUT2D eigenvalue weighted by Gasteiger charge is 2.18. The highest BCUT2D eigenvalue weighted by molar-refractivity contribution is 7.99. The molecule has 0 aliphatic carbocycles. The van der Waals surface area contributed by atoms with Crippen LogP contribution in [0.5, 0.6) is 11.5 Å². The third kappa shape index (κ3) is 9.06. The zero-order chi connectivity index (χ0) is 29.1. The SMILES string of the molecule is CCCCc1cc(CCCC)cc(-c2cc(C)cc(-c3cc(CCCC)ccc3OCSC(C)C(C)C)c2O)c1. The van der Waals surface area contributed by atoms with Gasteiger partial charge in [-0.2, -0.15) is 0 Å². The molecule has 40 heavy (non-hydrogen) atoms. The molecule has 0 bridgehead atoms. The average molecular weight is 561 g/mol. The van der Waals surface area contributed by atoms with Crippen molar-refractivity contribution in [1.29, 1.82) is 0 Å². The highest BCUT2D eigenvalue weighted by Crippen LogP contribution is 2.44. The molecule has 0 fully saturated rings. The van der Waals surface area contributed by atoms with E-state index in [2.05, 4.69) is 97.0 Å². The molecule has 0 aromatic heterocycles. The lowest BCUT2D eigenvalue weighted by Gasteiger charge is -2.19. The predicted octanol–water partition coefficient (Wildman–Crippen LogP) is 11.2.